The van der Waals surface area contributed by atoms with E-state index in [0.717, 1.165) is 22.2 Å². The zero-order chi connectivity index (χ0) is 20.1. The third-order valence-corrected chi connectivity index (χ3v) is 4.48. The SMILES string of the molecule is C[C@@H](NC(=O)Cc1cccc2ccccc12)C(=O)Nc1ccc(N(C)C)nc1. The molecule has 0 bridgehead atoms. The van der Waals surface area contributed by atoms with Crippen molar-refractivity contribution < 1.29 is 9.59 Å². The van der Waals surface area contributed by atoms with Crippen molar-refractivity contribution in [1.29, 1.82) is 0 Å². The molecule has 1 aromatic heterocycles. The summed E-state index contributed by atoms with van der Waals surface area (Å²) in [4.78, 5) is 30.9. The zero-order valence-corrected chi connectivity index (χ0v) is 16.3. The minimum absolute atomic E-state index is 0.194. The number of hydrogen-bond acceptors (Lipinski definition) is 4. The van der Waals surface area contributed by atoms with E-state index in [9.17, 15) is 9.59 Å². The van der Waals surface area contributed by atoms with Gasteiger partial charge in [-0.3, -0.25) is 9.59 Å². The molecule has 0 spiro atoms. The second-order valence-electron chi connectivity index (χ2n) is 6.89. The molecule has 2 N–H and O–H groups in total. The Bertz CT molecular complexity index is 978. The summed E-state index contributed by atoms with van der Waals surface area (Å²) in [7, 11) is 3.79. The summed E-state index contributed by atoms with van der Waals surface area (Å²) >= 11 is 0. The van der Waals surface area contributed by atoms with Crippen LogP contribution in [0, 0.1) is 0 Å². The van der Waals surface area contributed by atoms with Gasteiger partial charge >= 0.3 is 0 Å². The van der Waals surface area contributed by atoms with Gasteiger partial charge in [0.25, 0.3) is 0 Å². The van der Waals surface area contributed by atoms with E-state index in [1.54, 1.807) is 19.2 Å². The molecule has 28 heavy (non-hydrogen) atoms. The number of carbonyl (C=O) groups excluding carboxylic acids is 2. The number of nitrogens with one attached hydrogen (secondary N) is 2. The van der Waals surface area contributed by atoms with Crippen LogP contribution in [-0.4, -0.2) is 36.9 Å². The predicted molar refractivity (Wildman–Crippen MR) is 112 cm³/mol. The van der Waals surface area contributed by atoms with E-state index in [2.05, 4.69) is 15.6 Å². The normalized spacial score (nSPS) is 11.7. The lowest BCUT2D eigenvalue weighted by Gasteiger charge is -2.15. The lowest BCUT2D eigenvalue weighted by molar-refractivity contribution is -0.125. The highest BCUT2D eigenvalue weighted by Crippen LogP contribution is 2.19. The first kappa shape index (κ1) is 19.4. The van der Waals surface area contributed by atoms with Gasteiger partial charge in [0.05, 0.1) is 18.3 Å². The van der Waals surface area contributed by atoms with Crippen LogP contribution in [0.4, 0.5) is 11.5 Å². The molecule has 1 atom stereocenters. The Balaban J connectivity index is 1.59. The van der Waals surface area contributed by atoms with E-state index in [1.807, 2.05) is 67.5 Å². The molecule has 0 aliphatic heterocycles. The fourth-order valence-corrected chi connectivity index (χ4v) is 2.95. The Labute approximate surface area is 164 Å². The summed E-state index contributed by atoms with van der Waals surface area (Å²) in [5.41, 5.74) is 1.53. The molecule has 0 saturated heterocycles. The van der Waals surface area contributed by atoms with Gasteiger partial charge in [0, 0.05) is 14.1 Å². The number of benzene rings is 2. The molecule has 3 rings (SSSR count). The first-order valence-electron chi connectivity index (χ1n) is 9.14. The molecular formula is C22H24N4O2. The van der Waals surface area contributed by atoms with Crippen LogP contribution >= 0.6 is 0 Å². The first-order chi connectivity index (χ1) is 13.4. The molecule has 1 heterocycles. The summed E-state index contributed by atoms with van der Waals surface area (Å²) < 4.78 is 0. The standard InChI is InChI=1S/C22H24N4O2/c1-15(22(28)25-18-11-12-20(23-14-18)26(2)3)24-21(27)13-17-9-6-8-16-7-4-5-10-19(16)17/h4-12,14-15H,13H2,1-3H3,(H,24,27)(H,25,28)/t15-/m1/s1. The number of anilines is 2. The van der Waals surface area contributed by atoms with Crippen LogP contribution in [-0.2, 0) is 16.0 Å². The monoisotopic (exact) mass is 376 g/mol. The van der Waals surface area contributed by atoms with Crippen LogP contribution in [0.15, 0.2) is 60.8 Å². The first-order valence-corrected chi connectivity index (χ1v) is 9.14. The molecule has 6 heteroatoms. The Hall–Kier alpha value is -3.41. The molecule has 2 aromatic carbocycles. The Kier molecular flexibility index (Phi) is 5.89. The number of pyridine rings is 1. The molecule has 0 saturated carbocycles. The summed E-state index contributed by atoms with van der Waals surface area (Å²) in [5, 5.41) is 7.67. The van der Waals surface area contributed by atoms with Gasteiger partial charge in [-0.1, -0.05) is 42.5 Å². The van der Waals surface area contributed by atoms with E-state index < -0.39 is 6.04 Å². The quantitative estimate of drug-likeness (QED) is 0.694. The van der Waals surface area contributed by atoms with Gasteiger partial charge in [0.2, 0.25) is 11.8 Å². The largest absolute Gasteiger partial charge is 0.363 e. The fraction of sp³-hybridized carbons (Fsp3) is 0.227. The van der Waals surface area contributed by atoms with Crippen molar-refractivity contribution in [2.45, 2.75) is 19.4 Å². The molecule has 0 fully saturated rings. The van der Waals surface area contributed by atoms with E-state index in [0.29, 0.717) is 5.69 Å². The fourth-order valence-electron chi connectivity index (χ4n) is 2.95. The summed E-state index contributed by atoms with van der Waals surface area (Å²) in [6.07, 6.45) is 1.82. The molecule has 6 nitrogen and oxygen atoms in total. The van der Waals surface area contributed by atoms with Crippen molar-refractivity contribution in [2.75, 3.05) is 24.3 Å². The van der Waals surface area contributed by atoms with E-state index in [1.165, 1.54) is 0 Å². The summed E-state index contributed by atoms with van der Waals surface area (Å²) in [5.74, 6) is 0.320. The molecule has 3 aromatic rings. The van der Waals surface area contributed by atoms with Gasteiger partial charge in [0.15, 0.2) is 0 Å². The van der Waals surface area contributed by atoms with Crippen molar-refractivity contribution in [3.05, 3.63) is 66.4 Å². The minimum Gasteiger partial charge on any atom is -0.363 e. The van der Waals surface area contributed by atoms with Crippen LogP contribution in [0.5, 0.6) is 0 Å². The predicted octanol–water partition coefficient (Wildman–Crippen LogP) is 2.99. The van der Waals surface area contributed by atoms with E-state index >= 15 is 0 Å². The van der Waals surface area contributed by atoms with Crippen LogP contribution in [0.3, 0.4) is 0 Å². The van der Waals surface area contributed by atoms with Crippen LogP contribution in [0.1, 0.15) is 12.5 Å². The average molecular weight is 376 g/mol. The average Bonchev–Trinajstić information content (AvgIpc) is 2.68. The number of aromatic nitrogens is 1. The van der Waals surface area contributed by atoms with Crippen molar-refractivity contribution in [2.24, 2.45) is 0 Å². The van der Waals surface area contributed by atoms with E-state index in [-0.39, 0.29) is 18.2 Å². The number of carbonyl (C=O) groups is 2. The van der Waals surface area contributed by atoms with Crippen LogP contribution in [0.2, 0.25) is 0 Å². The maximum absolute atomic E-state index is 12.4. The van der Waals surface area contributed by atoms with Gasteiger partial charge in [0.1, 0.15) is 11.9 Å². The van der Waals surface area contributed by atoms with Crippen molar-refractivity contribution in [3.63, 3.8) is 0 Å². The van der Waals surface area contributed by atoms with Crippen molar-refractivity contribution >= 4 is 34.1 Å². The zero-order valence-electron chi connectivity index (χ0n) is 16.3. The van der Waals surface area contributed by atoms with Crippen molar-refractivity contribution in [3.8, 4) is 0 Å². The molecular weight excluding hydrogens is 352 g/mol. The Morgan fingerprint density at radius 2 is 1.79 bits per heavy atom. The van der Waals surface area contributed by atoms with Crippen LogP contribution < -0.4 is 15.5 Å². The Morgan fingerprint density at radius 1 is 1.04 bits per heavy atom. The lowest BCUT2D eigenvalue weighted by atomic mass is 10.0. The topological polar surface area (TPSA) is 74.3 Å². The second-order valence-corrected chi connectivity index (χ2v) is 6.89. The minimum atomic E-state index is -0.656. The maximum Gasteiger partial charge on any atom is 0.246 e. The van der Waals surface area contributed by atoms with Gasteiger partial charge < -0.3 is 15.5 Å². The second kappa shape index (κ2) is 8.52. The highest BCUT2D eigenvalue weighted by Gasteiger charge is 2.17. The molecule has 2 amide bonds. The van der Waals surface area contributed by atoms with Crippen LogP contribution in [0.25, 0.3) is 10.8 Å². The number of fused-ring (bicyclic) bond motifs is 1. The molecule has 0 aliphatic carbocycles. The third-order valence-electron chi connectivity index (χ3n) is 4.48. The molecule has 0 radical (unpaired) electrons. The number of nitrogens with zero attached hydrogens (tertiary/aromatic N) is 2. The third kappa shape index (κ3) is 4.65. The lowest BCUT2D eigenvalue weighted by Crippen LogP contribution is -2.42. The van der Waals surface area contributed by atoms with Gasteiger partial charge in [-0.25, -0.2) is 4.98 Å². The highest BCUT2D eigenvalue weighted by molar-refractivity contribution is 5.97. The van der Waals surface area contributed by atoms with E-state index in [4.69, 9.17) is 0 Å². The molecule has 144 valence electrons. The summed E-state index contributed by atoms with van der Waals surface area (Å²) in [6, 6.07) is 16.8. The highest BCUT2D eigenvalue weighted by atomic mass is 16.2. The number of hydrogen-bond donors (Lipinski definition) is 2. The van der Waals surface area contributed by atoms with Crippen molar-refractivity contribution in [1.82, 2.24) is 10.3 Å². The Morgan fingerprint density at radius 3 is 2.50 bits per heavy atom. The smallest absolute Gasteiger partial charge is 0.246 e. The van der Waals surface area contributed by atoms with Gasteiger partial charge in [-0.2, -0.15) is 0 Å². The molecule has 0 unspecified atom stereocenters. The number of amides is 2. The molecule has 0 aliphatic rings. The maximum atomic E-state index is 12.4. The summed E-state index contributed by atoms with van der Waals surface area (Å²) in [6.45, 7) is 1.66. The number of rotatable bonds is 6. The van der Waals surface area contributed by atoms with Gasteiger partial charge in [-0.15, -0.1) is 0 Å². The van der Waals surface area contributed by atoms with Gasteiger partial charge in [-0.05, 0) is 35.4 Å².